The third kappa shape index (κ3) is 8.11. The van der Waals surface area contributed by atoms with Gasteiger partial charge in [0.15, 0.2) is 0 Å². The summed E-state index contributed by atoms with van der Waals surface area (Å²) >= 11 is 4.64. The molecule has 0 heterocycles. The first-order chi connectivity index (χ1) is 4.85. The highest BCUT2D eigenvalue weighted by molar-refractivity contribution is 6.15. The molecule has 0 spiro atoms. The molecular weight excluding hydrogens is 201 g/mol. The predicted molar refractivity (Wildman–Crippen MR) is 54.1 cm³/mol. The van der Waals surface area contributed by atoms with Crippen LogP contribution in [0.4, 0.5) is 0 Å². The Bertz CT molecular complexity index is 123. The van der Waals surface area contributed by atoms with Crippen molar-refractivity contribution in [1.29, 1.82) is 0 Å². The fourth-order valence-electron chi connectivity index (χ4n) is 0.370. The fraction of sp³-hybridized carbons (Fsp3) is 0.857. The Balaban J connectivity index is -0.000000249. The van der Waals surface area contributed by atoms with E-state index in [9.17, 15) is 4.79 Å². The first-order valence-electron chi connectivity index (χ1n) is 3.22. The first-order valence-corrected chi connectivity index (χ1v) is 3.97. The summed E-state index contributed by atoms with van der Waals surface area (Å²) in [6.07, 6.45) is 1.47. The number of hydrogen-bond acceptors (Lipinski definition) is 2. The van der Waals surface area contributed by atoms with Crippen LogP contribution in [0.1, 0.15) is 20.8 Å². The Morgan fingerprint density at radius 1 is 1.42 bits per heavy atom. The van der Waals surface area contributed by atoms with Crippen LogP contribution in [0.15, 0.2) is 0 Å². The smallest absolute Gasteiger partial charge is 0.321 e. The number of halogens is 2. The van der Waals surface area contributed by atoms with E-state index in [2.05, 4.69) is 11.6 Å². The number of hydrogen-bond donors (Lipinski definition) is 2. The molecule has 0 rings (SSSR count). The molecule has 0 aromatic carbocycles. The van der Waals surface area contributed by atoms with Gasteiger partial charge >= 0.3 is 5.97 Å². The Hall–Kier alpha value is 0.01000. The monoisotopic (exact) mass is 217 g/mol. The molecule has 0 aliphatic heterocycles. The lowest BCUT2D eigenvalue weighted by atomic mass is 9.88. The van der Waals surface area contributed by atoms with Gasteiger partial charge in [0.05, 0.1) is 0 Å². The molecule has 0 aliphatic rings. The molecule has 0 unspecified atom stereocenters. The second kappa shape index (κ2) is 7.65. The van der Waals surface area contributed by atoms with Crippen molar-refractivity contribution in [1.82, 2.24) is 0 Å². The van der Waals surface area contributed by atoms with Crippen molar-refractivity contribution in [2.24, 2.45) is 11.1 Å². The zero-order valence-electron chi connectivity index (χ0n) is 7.80. The van der Waals surface area contributed by atoms with E-state index in [-0.39, 0.29) is 17.8 Å². The molecule has 0 amide bonds. The van der Waals surface area contributed by atoms with Crippen LogP contribution in [-0.2, 0) is 4.79 Å². The number of carbonyl (C=O) groups is 1. The van der Waals surface area contributed by atoms with Crippen molar-refractivity contribution >= 4 is 30.0 Å². The van der Waals surface area contributed by atoms with E-state index in [4.69, 9.17) is 10.8 Å². The van der Waals surface area contributed by atoms with Crippen LogP contribution in [-0.4, -0.2) is 23.5 Å². The lowest BCUT2D eigenvalue weighted by molar-refractivity contribution is -0.141. The Kier molecular flexibility index (Phi) is 11.4. The second-order valence-electron chi connectivity index (χ2n) is 3.18. The zero-order valence-corrected chi connectivity index (χ0v) is 9.37. The molecule has 1 atom stereocenters. The van der Waals surface area contributed by atoms with Crippen molar-refractivity contribution < 1.29 is 9.90 Å². The third-order valence-corrected chi connectivity index (χ3v) is 1.20. The summed E-state index contributed by atoms with van der Waals surface area (Å²) in [5.74, 6) is -0.942. The number of alkyl halides is 1. The molecule has 0 aromatic rings. The average Bonchev–Trinajstić information content (AvgIpc) is 1.89. The molecule has 3 N–H and O–H groups in total. The minimum absolute atomic E-state index is 0. The highest BCUT2D eigenvalue weighted by atomic mass is 35.5. The van der Waals surface area contributed by atoms with Crippen LogP contribution in [0.3, 0.4) is 0 Å². The molecule has 5 heteroatoms. The van der Waals surface area contributed by atoms with Crippen LogP contribution in [0.25, 0.3) is 0 Å². The molecule has 0 fully saturated rings. The number of nitrogens with two attached hydrogens (primary N) is 1. The summed E-state index contributed by atoms with van der Waals surface area (Å²) in [6, 6.07) is -0.766. The molecule has 0 saturated heterocycles. The van der Waals surface area contributed by atoms with Crippen LogP contribution in [0.2, 0.25) is 0 Å². The average molecular weight is 218 g/mol. The van der Waals surface area contributed by atoms with Crippen LogP contribution < -0.4 is 5.73 Å². The van der Waals surface area contributed by atoms with Gasteiger partial charge in [0.2, 0.25) is 0 Å². The standard InChI is InChI=1S/C6H13NO2.CH3Cl.ClH/c1-6(2,3)4(7)5(8)9;1-2;/h4H,7H2,1-3H3,(H,8,9);1H3;1H/t4-;;/m1../s1. The summed E-state index contributed by atoms with van der Waals surface area (Å²) < 4.78 is 0. The molecule has 0 radical (unpaired) electrons. The first kappa shape index (κ1) is 17.9. The maximum absolute atomic E-state index is 10.2. The maximum atomic E-state index is 10.2. The van der Waals surface area contributed by atoms with Crippen LogP contribution in [0.5, 0.6) is 0 Å². The number of carboxylic acids is 1. The SMILES string of the molecule is CC(C)(C)[C@H](N)C(=O)O.CCl.Cl. The molecule has 3 nitrogen and oxygen atoms in total. The van der Waals surface area contributed by atoms with Gasteiger partial charge in [-0.25, -0.2) is 0 Å². The van der Waals surface area contributed by atoms with Crippen LogP contribution in [0, 0.1) is 5.41 Å². The summed E-state index contributed by atoms with van der Waals surface area (Å²) in [6.45, 7) is 5.39. The van der Waals surface area contributed by atoms with Gasteiger partial charge in [-0.05, 0) is 5.41 Å². The van der Waals surface area contributed by atoms with Crippen molar-refractivity contribution in [3.8, 4) is 0 Å². The lowest BCUT2D eigenvalue weighted by Gasteiger charge is -2.22. The lowest BCUT2D eigenvalue weighted by Crippen LogP contribution is -2.41. The highest BCUT2D eigenvalue weighted by Crippen LogP contribution is 2.16. The normalized spacial score (nSPS) is 11.8. The molecule has 12 heavy (non-hydrogen) atoms. The summed E-state index contributed by atoms with van der Waals surface area (Å²) in [5.41, 5.74) is 4.95. The maximum Gasteiger partial charge on any atom is 0.321 e. The van der Waals surface area contributed by atoms with Gasteiger partial charge in [-0.15, -0.1) is 24.0 Å². The highest BCUT2D eigenvalue weighted by Gasteiger charge is 2.26. The van der Waals surface area contributed by atoms with E-state index in [1.165, 1.54) is 6.38 Å². The molecular formula is C7H17Cl2NO2. The van der Waals surface area contributed by atoms with Gasteiger partial charge in [0.1, 0.15) is 6.04 Å². The van der Waals surface area contributed by atoms with Gasteiger partial charge in [0, 0.05) is 6.38 Å². The summed E-state index contributed by atoms with van der Waals surface area (Å²) in [7, 11) is 0. The van der Waals surface area contributed by atoms with Crippen molar-refractivity contribution in [2.45, 2.75) is 26.8 Å². The van der Waals surface area contributed by atoms with E-state index in [1.54, 1.807) is 20.8 Å². The largest absolute Gasteiger partial charge is 0.480 e. The minimum Gasteiger partial charge on any atom is -0.480 e. The summed E-state index contributed by atoms with van der Waals surface area (Å²) in [5, 5.41) is 8.39. The molecule has 76 valence electrons. The summed E-state index contributed by atoms with van der Waals surface area (Å²) in [4.78, 5) is 10.2. The van der Waals surface area contributed by atoms with E-state index < -0.39 is 12.0 Å². The van der Waals surface area contributed by atoms with Crippen molar-refractivity contribution in [3.05, 3.63) is 0 Å². The van der Waals surface area contributed by atoms with Gasteiger partial charge in [0.25, 0.3) is 0 Å². The Labute approximate surface area is 84.7 Å². The molecule has 0 bridgehead atoms. The number of carboxylic acid groups (broad SMARTS) is 1. The zero-order chi connectivity index (χ0) is 9.65. The van der Waals surface area contributed by atoms with Gasteiger partial charge < -0.3 is 10.8 Å². The Morgan fingerprint density at radius 3 is 1.67 bits per heavy atom. The quantitative estimate of drug-likeness (QED) is 0.658. The topological polar surface area (TPSA) is 63.3 Å². The van der Waals surface area contributed by atoms with Crippen molar-refractivity contribution in [3.63, 3.8) is 0 Å². The van der Waals surface area contributed by atoms with Gasteiger partial charge in [-0.2, -0.15) is 0 Å². The van der Waals surface area contributed by atoms with E-state index in [1.807, 2.05) is 0 Å². The second-order valence-corrected chi connectivity index (χ2v) is 3.18. The van der Waals surface area contributed by atoms with Crippen LogP contribution >= 0.6 is 24.0 Å². The Morgan fingerprint density at radius 2 is 1.67 bits per heavy atom. The molecule has 0 aromatic heterocycles. The third-order valence-electron chi connectivity index (χ3n) is 1.20. The number of aliphatic carboxylic acids is 1. The van der Waals surface area contributed by atoms with Gasteiger partial charge in [-0.1, -0.05) is 20.8 Å². The van der Waals surface area contributed by atoms with Crippen molar-refractivity contribution in [2.75, 3.05) is 6.38 Å². The van der Waals surface area contributed by atoms with Gasteiger partial charge in [-0.3, -0.25) is 4.79 Å². The van der Waals surface area contributed by atoms with E-state index in [0.29, 0.717) is 0 Å². The predicted octanol–water partition coefficient (Wildman–Crippen LogP) is 1.72. The van der Waals surface area contributed by atoms with E-state index in [0.717, 1.165) is 0 Å². The fourth-order valence-corrected chi connectivity index (χ4v) is 0.370. The number of rotatable bonds is 1. The molecule has 0 saturated carbocycles. The molecule has 0 aliphatic carbocycles. The minimum atomic E-state index is -0.942. The van der Waals surface area contributed by atoms with E-state index >= 15 is 0 Å².